The van der Waals surface area contributed by atoms with Gasteiger partial charge in [0.25, 0.3) is 0 Å². The van der Waals surface area contributed by atoms with Gasteiger partial charge in [0.15, 0.2) is 0 Å². The summed E-state index contributed by atoms with van der Waals surface area (Å²) >= 11 is 0. The molecule has 8 heteroatoms. The molecule has 0 radical (unpaired) electrons. The number of hydrogen-bond acceptors (Lipinski definition) is 5. The number of hydrogen-bond donors (Lipinski definition) is 0. The first-order valence-corrected chi connectivity index (χ1v) is 9.73. The van der Waals surface area contributed by atoms with E-state index in [1.165, 1.54) is 20.3 Å². The summed E-state index contributed by atoms with van der Waals surface area (Å²) in [5, 5.41) is 4.20. The molecule has 0 bridgehead atoms. The average molecular weight is 378 g/mol. The van der Waals surface area contributed by atoms with Crippen LogP contribution in [0.5, 0.6) is 11.5 Å². The molecular formula is C18H19FN2O4S. The van der Waals surface area contributed by atoms with Gasteiger partial charge >= 0.3 is 0 Å². The number of ether oxygens (including phenoxy) is 2. The van der Waals surface area contributed by atoms with Gasteiger partial charge in [-0.15, -0.1) is 0 Å². The minimum absolute atomic E-state index is 0.240. The Morgan fingerprint density at radius 1 is 1.12 bits per heavy atom. The third kappa shape index (κ3) is 3.50. The van der Waals surface area contributed by atoms with Crippen molar-refractivity contribution in [3.63, 3.8) is 0 Å². The summed E-state index contributed by atoms with van der Waals surface area (Å²) in [7, 11) is -0.618. The zero-order chi connectivity index (χ0) is 18.9. The van der Waals surface area contributed by atoms with Crippen molar-refractivity contribution < 1.29 is 22.3 Å². The predicted octanol–water partition coefficient (Wildman–Crippen LogP) is 2.95. The maximum absolute atomic E-state index is 14.1. The summed E-state index contributed by atoms with van der Waals surface area (Å²) in [5.74, 6) is 0.628. The van der Waals surface area contributed by atoms with E-state index in [2.05, 4.69) is 5.10 Å². The van der Waals surface area contributed by atoms with Crippen LogP contribution in [0.15, 0.2) is 47.6 Å². The van der Waals surface area contributed by atoms with Crippen molar-refractivity contribution in [2.75, 3.05) is 20.5 Å². The molecule has 0 N–H and O–H groups in total. The van der Waals surface area contributed by atoms with E-state index in [0.29, 0.717) is 28.3 Å². The fourth-order valence-corrected chi connectivity index (χ4v) is 3.83. The van der Waals surface area contributed by atoms with E-state index in [4.69, 9.17) is 9.47 Å². The van der Waals surface area contributed by atoms with Crippen LogP contribution in [0.2, 0.25) is 0 Å². The maximum atomic E-state index is 14.1. The van der Waals surface area contributed by atoms with Crippen molar-refractivity contribution >= 4 is 15.7 Å². The Labute approximate surface area is 151 Å². The molecule has 0 fully saturated rings. The fourth-order valence-electron chi connectivity index (χ4n) is 2.92. The van der Waals surface area contributed by atoms with Gasteiger partial charge in [0.2, 0.25) is 10.0 Å². The number of hydrazone groups is 1. The molecule has 2 aromatic rings. The first kappa shape index (κ1) is 18.2. The van der Waals surface area contributed by atoms with Crippen LogP contribution in [0, 0.1) is 5.82 Å². The summed E-state index contributed by atoms with van der Waals surface area (Å²) in [6, 6.07) is 10.7. The topological polar surface area (TPSA) is 68.2 Å². The summed E-state index contributed by atoms with van der Waals surface area (Å²) in [5.41, 5.74) is 1.32. The highest BCUT2D eigenvalue weighted by atomic mass is 32.2. The summed E-state index contributed by atoms with van der Waals surface area (Å²) in [6.07, 6.45) is 1.32. The molecule has 0 aliphatic carbocycles. The van der Waals surface area contributed by atoms with Gasteiger partial charge in [-0.3, -0.25) is 0 Å². The number of benzene rings is 2. The highest BCUT2D eigenvalue weighted by molar-refractivity contribution is 7.88. The summed E-state index contributed by atoms with van der Waals surface area (Å²) in [6.45, 7) is 0. The molecule has 0 saturated carbocycles. The van der Waals surface area contributed by atoms with Gasteiger partial charge in [0.05, 0.1) is 32.2 Å². The fraction of sp³-hybridized carbons (Fsp3) is 0.278. The molecule has 26 heavy (non-hydrogen) atoms. The maximum Gasteiger partial charge on any atom is 0.247 e. The normalized spacial score (nSPS) is 17.2. The number of rotatable bonds is 5. The lowest BCUT2D eigenvalue weighted by Crippen LogP contribution is -2.26. The molecule has 0 saturated heterocycles. The molecule has 1 aliphatic heterocycles. The Morgan fingerprint density at radius 3 is 2.27 bits per heavy atom. The van der Waals surface area contributed by atoms with Crippen LogP contribution < -0.4 is 9.47 Å². The summed E-state index contributed by atoms with van der Waals surface area (Å²) < 4.78 is 50.2. The highest BCUT2D eigenvalue weighted by Gasteiger charge is 2.35. The molecule has 3 rings (SSSR count). The lowest BCUT2D eigenvalue weighted by molar-refractivity contribution is 0.364. The lowest BCUT2D eigenvalue weighted by atomic mass is 9.98. The van der Waals surface area contributed by atoms with Crippen molar-refractivity contribution in [1.29, 1.82) is 0 Å². The molecule has 0 amide bonds. The van der Waals surface area contributed by atoms with E-state index in [9.17, 15) is 12.8 Å². The quantitative estimate of drug-likeness (QED) is 0.802. The second-order valence-electron chi connectivity index (χ2n) is 5.93. The predicted molar refractivity (Wildman–Crippen MR) is 96.5 cm³/mol. The van der Waals surface area contributed by atoms with Gasteiger partial charge in [0.1, 0.15) is 17.3 Å². The molecule has 1 heterocycles. The smallest absolute Gasteiger partial charge is 0.247 e. The van der Waals surface area contributed by atoms with Gasteiger partial charge < -0.3 is 9.47 Å². The van der Waals surface area contributed by atoms with Crippen molar-refractivity contribution in [3.05, 3.63) is 59.4 Å². The van der Waals surface area contributed by atoms with E-state index in [0.717, 1.165) is 10.7 Å². The van der Waals surface area contributed by atoms with Crippen LogP contribution >= 0.6 is 0 Å². The minimum Gasteiger partial charge on any atom is -0.497 e. The van der Waals surface area contributed by atoms with Crippen LogP contribution in [0.1, 0.15) is 23.6 Å². The Balaban J connectivity index is 2.07. The minimum atomic E-state index is -3.65. The Morgan fingerprint density at radius 2 is 1.73 bits per heavy atom. The first-order chi connectivity index (χ1) is 12.3. The number of nitrogens with zero attached hydrogens (tertiary/aromatic N) is 2. The largest absolute Gasteiger partial charge is 0.497 e. The second-order valence-corrected chi connectivity index (χ2v) is 7.77. The van der Waals surface area contributed by atoms with Gasteiger partial charge in [-0.2, -0.15) is 9.52 Å². The molecule has 2 aromatic carbocycles. The Bertz CT molecular complexity index is 937. The van der Waals surface area contributed by atoms with Gasteiger partial charge in [-0.05, 0) is 23.8 Å². The van der Waals surface area contributed by atoms with Crippen LogP contribution in [-0.2, 0) is 10.0 Å². The number of halogens is 1. The molecule has 6 nitrogen and oxygen atoms in total. The van der Waals surface area contributed by atoms with E-state index in [1.807, 2.05) is 0 Å². The zero-order valence-electron chi connectivity index (χ0n) is 14.6. The number of sulfonamides is 1. The first-order valence-electron chi connectivity index (χ1n) is 7.88. The standard InChI is InChI=1S/C18H19FN2O4S/c1-24-13-8-12(9-14(10-13)25-2)18-11-17(20-21(18)26(3,22)23)15-6-4-5-7-16(15)19/h4-10,18H,11H2,1-3H3/t18-/m0/s1. The molecule has 1 atom stereocenters. The van der Waals surface area contributed by atoms with Gasteiger partial charge in [-0.25, -0.2) is 12.8 Å². The SMILES string of the molecule is COc1cc(OC)cc([C@@H]2CC(c3ccccc3F)=NN2S(C)(=O)=O)c1. The third-order valence-electron chi connectivity index (χ3n) is 4.16. The van der Waals surface area contributed by atoms with E-state index in [-0.39, 0.29) is 6.42 Å². The molecular weight excluding hydrogens is 359 g/mol. The average Bonchev–Trinajstić information content (AvgIpc) is 3.07. The monoisotopic (exact) mass is 378 g/mol. The van der Waals surface area contributed by atoms with Crippen LogP contribution in [0.4, 0.5) is 4.39 Å². The van der Waals surface area contributed by atoms with Crippen LogP contribution in [0.25, 0.3) is 0 Å². The Kier molecular flexibility index (Phi) is 4.86. The second kappa shape index (κ2) is 6.95. The van der Waals surface area contributed by atoms with Crippen molar-refractivity contribution in [1.82, 2.24) is 4.41 Å². The van der Waals surface area contributed by atoms with E-state index < -0.39 is 21.9 Å². The number of methoxy groups -OCH3 is 2. The van der Waals surface area contributed by atoms with Gasteiger partial charge in [-0.1, -0.05) is 18.2 Å². The Hall–Kier alpha value is -2.61. The van der Waals surface area contributed by atoms with E-state index >= 15 is 0 Å². The van der Waals surface area contributed by atoms with Crippen molar-refractivity contribution in [2.45, 2.75) is 12.5 Å². The zero-order valence-corrected chi connectivity index (χ0v) is 15.5. The van der Waals surface area contributed by atoms with Crippen LogP contribution in [0.3, 0.4) is 0 Å². The molecule has 0 aromatic heterocycles. The molecule has 0 spiro atoms. The lowest BCUT2D eigenvalue weighted by Gasteiger charge is -2.22. The molecule has 0 unspecified atom stereocenters. The molecule has 1 aliphatic rings. The van der Waals surface area contributed by atoms with Gasteiger partial charge in [0, 0.05) is 18.1 Å². The molecule has 138 valence electrons. The van der Waals surface area contributed by atoms with Crippen molar-refractivity contribution in [3.8, 4) is 11.5 Å². The highest BCUT2D eigenvalue weighted by Crippen LogP contribution is 2.38. The van der Waals surface area contributed by atoms with E-state index in [1.54, 1.807) is 36.4 Å². The summed E-state index contributed by atoms with van der Waals surface area (Å²) in [4.78, 5) is 0. The van der Waals surface area contributed by atoms with Crippen LogP contribution in [-0.4, -0.2) is 39.0 Å². The third-order valence-corrected chi connectivity index (χ3v) is 5.17. The van der Waals surface area contributed by atoms with Crippen molar-refractivity contribution in [2.24, 2.45) is 5.10 Å².